The molecule has 0 saturated heterocycles. The van der Waals surface area contributed by atoms with Crippen LogP contribution in [-0.4, -0.2) is 28.6 Å². The van der Waals surface area contributed by atoms with Crippen LogP contribution in [0.3, 0.4) is 0 Å². The van der Waals surface area contributed by atoms with Gasteiger partial charge in [-0.3, -0.25) is 4.79 Å². The Kier molecular flexibility index (Phi) is 2.75. The summed E-state index contributed by atoms with van der Waals surface area (Å²) in [5, 5.41) is 8.68. The van der Waals surface area contributed by atoms with E-state index in [1.807, 2.05) is 0 Å². The summed E-state index contributed by atoms with van der Waals surface area (Å²) in [6.07, 6.45) is 0. The Balaban J connectivity index is 2.79. The predicted molar refractivity (Wildman–Crippen MR) is 43.8 cm³/mol. The van der Waals surface area contributed by atoms with E-state index in [1.54, 1.807) is 6.92 Å². The number of aliphatic hydroxyl groups excluding tert-OH is 1. The number of thioether (sulfide) groups is 1. The summed E-state index contributed by atoms with van der Waals surface area (Å²) in [6, 6.07) is 0. The summed E-state index contributed by atoms with van der Waals surface area (Å²) in [4.78, 5) is 21.9. The molecule has 0 spiro atoms. The Morgan fingerprint density at radius 1 is 1.75 bits per heavy atom. The number of hydrogen-bond acceptors (Lipinski definition) is 5. The number of hydrogen-bond donors (Lipinski definition) is 1. The van der Waals surface area contributed by atoms with Crippen LogP contribution in [0.2, 0.25) is 0 Å². The van der Waals surface area contributed by atoms with Crippen LogP contribution < -0.4 is 0 Å². The minimum atomic E-state index is -0.731. The molecule has 0 unspecified atom stereocenters. The maximum absolute atomic E-state index is 11.0. The van der Waals surface area contributed by atoms with Crippen molar-refractivity contribution in [3.8, 4) is 0 Å². The molecule has 1 aliphatic rings. The van der Waals surface area contributed by atoms with Gasteiger partial charge in [0.05, 0.1) is 12.4 Å². The molecular formula is C7H8O4S. The molecule has 0 fully saturated rings. The highest BCUT2D eigenvalue weighted by Crippen LogP contribution is 2.25. The van der Waals surface area contributed by atoms with E-state index in [9.17, 15) is 9.59 Å². The normalized spacial score (nSPS) is 16.9. The molecule has 1 heterocycles. The van der Waals surface area contributed by atoms with Gasteiger partial charge in [-0.05, 0) is 6.92 Å². The van der Waals surface area contributed by atoms with Crippen molar-refractivity contribution >= 4 is 22.8 Å². The minimum absolute atomic E-state index is 0.174. The Morgan fingerprint density at radius 3 is 2.83 bits per heavy atom. The lowest BCUT2D eigenvalue weighted by atomic mass is 10.2. The number of carbonyl (C=O) groups excluding carboxylic acids is 2. The monoisotopic (exact) mass is 188 g/mol. The van der Waals surface area contributed by atoms with Crippen molar-refractivity contribution < 1.29 is 19.4 Å². The fraction of sp³-hybridized carbons (Fsp3) is 0.429. The average molecular weight is 188 g/mol. The van der Waals surface area contributed by atoms with E-state index >= 15 is 0 Å². The van der Waals surface area contributed by atoms with E-state index in [0.29, 0.717) is 0 Å². The van der Waals surface area contributed by atoms with E-state index in [4.69, 9.17) is 5.11 Å². The molecule has 66 valence electrons. The van der Waals surface area contributed by atoms with E-state index in [0.717, 1.165) is 11.8 Å². The largest absolute Gasteiger partial charge is 0.510 e. The summed E-state index contributed by atoms with van der Waals surface area (Å²) in [5.41, 5.74) is -0.207. The zero-order valence-corrected chi connectivity index (χ0v) is 7.31. The number of esters is 1. The fourth-order valence-corrected chi connectivity index (χ4v) is 1.56. The second-order valence-electron chi connectivity index (χ2n) is 2.12. The standard InChI is InChI=1S/C7H8O4S/c1-2-11-6(9)5-4(8)3-12-7(5)10/h8H,2-3H2,1H3. The van der Waals surface area contributed by atoms with Crippen LogP contribution >= 0.6 is 11.8 Å². The van der Waals surface area contributed by atoms with Crippen LogP contribution in [0.15, 0.2) is 11.3 Å². The first-order chi connectivity index (χ1) is 5.66. The summed E-state index contributed by atoms with van der Waals surface area (Å²) in [7, 11) is 0. The molecule has 12 heavy (non-hydrogen) atoms. The second kappa shape index (κ2) is 3.62. The summed E-state index contributed by atoms with van der Waals surface area (Å²) >= 11 is 0.904. The van der Waals surface area contributed by atoms with Crippen LogP contribution in [0.25, 0.3) is 0 Å². The molecule has 0 amide bonds. The van der Waals surface area contributed by atoms with E-state index < -0.39 is 11.1 Å². The molecule has 0 aromatic rings. The van der Waals surface area contributed by atoms with Gasteiger partial charge in [-0.2, -0.15) is 0 Å². The van der Waals surface area contributed by atoms with Crippen molar-refractivity contribution in [2.45, 2.75) is 6.92 Å². The maximum Gasteiger partial charge on any atom is 0.346 e. The van der Waals surface area contributed by atoms with Crippen LogP contribution in [0.4, 0.5) is 0 Å². The molecule has 0 radical (unpaired) electrons. The van der Waals surface area contributed by atoms with Gasteiger partial charge in [0.2, 0.25) is 5.12 Å². The second-order valence-corrected chi connectivity index (χ2v) is 3.07. The third-order valence-electron chi connectivity index (χ3n) is 1.31. The molecule has 1 rings (SSSR count). The molecule has 5 heteroatoms. The van der Waals surface area contributed by atoms with Crippen molar-refractivity contribution in [2.24, 2.45) is 0 Å². The Bertz CT molecular complexity index is 256. The number of rotatable bonds is 2. The zero-order valence-electron chi connectivity index (χ0n) is 6.49. The van der Waals surface area contributed by atoms with Gasteiger partial charge in [0.25, 0.3) is 0 Å². The van der Waals surface area contributed by atoms with Gasteiger partial charge >= 0.3 is 5.97 Å². The molecule has 0 aliphatic carbocycles. The lowest BCUT2D eigenvalue weighted by molar-refractivity contribution is -0.139. The first-order valence-electron chi connectivity index (χ1n) is 3.43. The number of aliphatic hydroxyl groups is 1. The van der Waals surface area contributed by atoms with Gasteiger partial charge < -0.3 is 9.84 Å². The third-order valence-corrected chi connectivity index (χ3v) is 2.20. The van der Waals surface area contributed by atoms with E-state index in [1.165, 1.54) is 0 Å². The van der Waals surface area contributed by atoms with Crippen LogP contribution in [0.5, 0.6) is 0 Å². The lowest BCUT2D eigenvalue weighted by Crippen LogP contribution is -2.12. The van der Waals surface area contributed by atoms with Crippen LogP contribution in [0.1, 0.15) is 6.92 Å². The van der Waals surface area contributed by atoms with E-state index in [-0.39, 0.29) is 23.7 Å². The van der Waals surface area contributed by atoms with Crippen molar-refractivity contribution in [1.82, 2.24) is 0 Å². The summed E-state index contributed by atoms with van der Waals surface area (Å²) in [6.45, 7) is 1.84. The van der Waals surface area contributed by atoms with Gasteiger partial charge in [0.15, 0.2) is 5.57 Å². The molecule has 0 bridgehead atoms. The highest BCUT2D eigenvalue weighted by Gasteiger charge is 2.30. The summed E-state index contributed by atoms with van der Waals surface area (Å²) in [5.74, 6) is -0.735. The Hall–Kier alpha value is -0.970. The number of ether oxygens (including phenoxy) is 1. The Morgan fingerprint density at radius 2 is 2.42 bits per heavy atom. The zero-order chi connectivity index (χ0) is 9.14. The molecule has 4 nitrogen and oxygen atoms in total. The fourth-order valence-electron chi connectivity index (χ4n) is 0.800. The van der Waals surface area contributed by atoms with Crippen molar-refractivity contribution in [3.05, 3.63) is 11.3 Å². The van der Waals surface area contributed by atoms with Gasteiger partial charge in [0.1, 0.15) is 5.76 Å². The van der Waals surface area contributed by atoms with Crippen LogP contribution in [-0.2, 0) is 14.3 Å². The molecule has 0 aromatic heterocycles. The van der Waals surface area contributed by atoms with Gasteiger partial charge in [0, 0.05) is 0 Å². The molecule has 1 aliphatic heterocycles. The Labute approximate surface area is 73.6 Å². The lowest BCUT2D eigenvalue weighted by Gasteiger charge is -1.99. The SMILES string of the molecule is CCOC(=O)C1=C(O)CSC1=O. The molecule has 1 N–H and O–H groups in total. The van der Waals surface area contributed by atoms with Crippen molar-refractivity contribution in [1.29, 1.82) is 0 Å². The highest BCUT2D eigenvalue weighted by atomic mass is 32.2. The first kappa shape index (κ1) is 9.12. The predicted octanol–water partition coefficient (Wildman–Crippen LogP) is 0.635. The van der Waals surface area contributed by atoms with Gasteiger partial charge in [-0.15, -0.1) is 0 Å². The molecule has 0 aromatic carbocycles. The topological polar surface area (TPSA) is 63.6 Å². The van der Waals surface area contributed by atoms with Crippen molar-refractivity contribution in [3.63, 3.8) is 0 Å². The average Bonchev–Trinajstić information content (AvgIpc) is 2.32. The molecular weight excluding hydrogens is 180 g/mol. The van der Waals surface area contributed by atoms with Gasteiger partial charge in [-0.25, -0.2) is 4.79 Å². The minimum Gasteiger partial charge on any atom is -0.510 e. The van der Waals surface area contributed by atoms with E-state index in [2.05, 4.69) is 4.74 Å². The number of carbonyl (C=O) groups is 2. The smallest absolute Gasteiger partial charge is 0.346 e. The third kappa shape index (κ3) is 1.61. The first-order valence-corrected chi connectivity index (χ1v) is 4.41. The molecule has 0 saturated carbocycles. The van der Waals surface area contributed by atoms with Crippen LogP contribution in [0, 0.1) is 0 Å². The van der Waals surface area contributed by atoms with Crippen molar-refractivity contribution in [2.75, 3.05) is 12.4 Å². The highest BCUT2D eigenvalue weighted by molar-refractivity contribution is 8.14. The summed E-state index contributed by atoms with van der Waals surface area (Å²) < 4.78 is 4.58. The molecule has 0 atom stereocenters. The quantitative estimate of drug-likeness (QED) is 0.508. The van der Waals surface area contributed by atoms with Gasteiger partial charge in [-0.1, -0.05) is 11.8 Å². The maximum atomic E-state index is 11.0.